The van der Waals surface area contributed by atoms with Crippen LogP contribution in [-0.2, 0) is 6.54 Å². The van der Waals surface area contributed by atoms with Gasteiger partial charge in [-0.1, -0.05) is 6.07 Å². The molecule has 0 saturated heterocycles. The largest absolute Gasteiger partial charge is 0.366 e. The highest BCUT2D eigenvalue weighted by Gasteiger charge is 2.03. The number of aryl methyl sites for hydroxylation is 1. The number of hydrogen-bond acceptors (Lipinski definition) is 3. The molecule has 88 valence electrons. The van der Waals surface area contributed by atoms with Crippen molar-refractivity contribution in [3.05, 3.63) is 53.5 Å². The summed E-state index contributed by atoms with van der Waals surface area (Å²) in [5.74, 6) is 0.100. The molecule has 0 atom stereocenters. The van der Waals surface area contributed by atoms with Crippen LogP contribution in [0.1, 0.15) is 11.4 Å². The molecule has 0 fully saturated rings. The molecule has 0 radical (unpaired) electrons. The van der Waals surface area contributed by atoms with Gasteiger partial charge in [0.2, 0.25) is 0 Å². The first-order chi connectivity index (χ1) is 8.15. The quantitative estimate of drug-likeness (QED) is 0.888. The molecule has 2 aromatic rings. The van der Waals surface area contributed by atoms with Gasteiger partial charge in [-0.25, -0.2) is 18.7 Å². The zero-order valence-electron chi connectivity index (χ0n) is 9.24. The van der Waals surface area contributed by atoms with Gasteiger partial charge in [0.25, 0.3) is 0 Å². The maximum Gasteiger partial charge on any atom is 0.131 e. The molecule has 17 heavy (non-hydrogen) atoms. The van der Waals surface area contributed by atoms with E-state index in [4.69, 9.17) is 0 Å². The first-order valence-electron chi connectivity index (χ1n) is 5.12. The van der Waals surface area contributed by atoms with Crippen molar-refractivity contribution in [1.29, 1.82) is 0 Å². The molecule has 0 aliphatic carbocycles. The van der Waals surface area contributed by atoms with Crippen molar-refractivity contribution in [1.82, 2.24) is 9.97 Å². The number of rotatable bonds is 3. The van der Waals surface area contributed by atoms with Crippen molar-refractivity contribution in [2.24, 2.45) is 0 Å². The van der Waals surface area contributed by atoms with Crippen molar-refractivity contribution in [2.45, 2.75) is 13.5 Å². The summed E-state index contributed by atoms with van der Waals surface area (Å²) in [5, 5.41) is 2.95. The maximum absolute atomic E-state index is 13.3. The molecule has 1 aromatic heterocycles. The molecule has 3 nitrogen and oxygen atoms in total. The van der Waals surface area contributed by atoms with Crippen LogP contribution in [0.4, 0.5) is 14.6 Å². The molecule has 0 bridgehead atoms. The monoisotopic (exact) mass is 235 g/mol. The summed E-state index contributed by atoms with van der Waals surface area (Å²) in [6.45, 7) is 2.02. The summed E-state index contributed by atoms with van der Waals surface area (Å²) < 4.78 is 26.0. The Labute approximate surface area is 97.5 Å². The van der Waals surface area contributed by atoms with Crippen LogP contribution in [0.2, 0.25) is 0 Å². The third-order valence-electron chi connectivity index (χ3n) is 2.25. The van der Waals surface area contributed by atoms with Crippen LogP contribution in [0.3, 0.4) is 0 Å². The highest BCUT2D eigenvalue weighted by molar-refractivity contribution is 5.34. The summed E-state index contributed by atoms with van der Waals surface area (Å²) in [5.41, 5.74) is 0.391. The zero-order valence-corrected chi connectivity index (χ0v) is 9.24. The lowest BCUT2D eigenvalue weighted by molar-refractivity contribution is 0.574. The lowest BCUT2D eigenvalue weighted by atomic mass is 10.2. The predicted octanol–water partition coefficient (Wildman–Crippen LogP) is 2.68. The molecule has 1 heterocycles. The van der Waals surface area contributed by atoms with Crippen molar-refractivity contribution < 1.29 is 8.78 Å². The van der Waals surface area contributed by atoms with E-state index in [1.807, 2.05) is 0 Å². The van der Waals surface area contributed by atoms with Crippen LogP contribution in [0.5, 0.6) is 0 Å². The van der Waals surface area contributed by atoms with Crippen LogP contribution < -0.4 is 5.32 Å². The van der Waals surface area contributed by atoms with E-state index in [-0.39, 0.29) is 6.54 Å². The average Bonchev–Trinajstić information content (AvgIpc) is 2.28. The number of nitrogens with zero attached hydrogens (tertiary/aromatic N) is 2. The zero-order chi connectivity index (χ0) is 12.3. The third kappa shape index (κ3) is 2.96. The Kier molecular flexibility index (Phi) is 3.27. The minimum Gasteiger partial charge on any atom is -0.366 e. The normalized spacial score (nSPS) is 10.3. The Morgan fingerprint density at radius 2 is 2.06 bits per heavy atom. The van der Waals surface area contributed by atoms with Gasteiger partial charge in [0, 0.05) is 24.4 Å². The van der Waals surface area contributed by atoms with Gasteiger partial charge in [-0.15, -0.1) is 0 Å². The number of benzene rings is 1. The van der Waals surface area contributed by atoms with Gasteiger partial charge in [-0.3, -0.25) is 0 Å². The standard InChI is InChI=1S/C12H11F2N3/c1-8-15-5-4-12(17-8)16-7-9-2-3-10(13)6-11(9)14/h2-6H,7H2,1H3,(H,15,16,17). The van der Waals surface area contributed by atoms with E-state index in [2.05, 4.69) is 15.3 Å². The predicted molar refractivity (Wildman–Crippen MR) is 60.5 cm³/mol. The number of halogens is 2. The fraction of sp³-hybridized carbons (Fsp3) is 0.167. The Bertz CT molecular complexity index is 529. The van der Waals surface area contributed by atoms with Crippen LogP contribution in [0.25, 0.3) is 0 Å². The van der Waals surface area contributed by atoms with Crippen molar-refractivity contribution >= 4 is 5.82 Å². The molecule has 5 heteroatoms. The molecule has 0 aliphatic heterocycles. The fourth-order valence-corrected chi connectivity index (χ4v) is 1.41. The molecule has 0 saturated carbocycles. The van der Waals surface area contributed by atoms with E-state index in [0.717, 1.165) is 6.07 Å². The molecule has 0 unspecified atom stereocenters. The minimum atomic E-state index is -0.580. The van der Waals surface area contributed by atoms with E-state index in [1.54, 1.807) is 19.2 Å². The molecule has 0 spiro atoms. The van der Waals surface area contributed by atoms with Gasteiger partial charge in [0.15, 0.2) is 0 Å². The Morgan fingerprint density at radius 3 is 2.76 bits per heavy atom. The second kappa shape index (κ2) is 4.86. The van der Waals surface area contributed by atoms with E-state index in [9.17, 15) is 8.78 Å². The van der Waals surface area contributed by atoms with Crippen molar-refractivity contribution in [3.8, 4) is 0 Å². The van der Waals surface area contributed by atoms with Crippen LogP contribution in [0, 0.1) is 18.6 Å². The van der Waals surface area contributed by atoms with Gasteiger partial charge < -0.3 is 5.32 Å². The second-order valence-electron chi connectivity index (χ2n) is 3.58. The molecule has 0 aliphatic rings. The van der Waals surface area contributed by atoms with Gasteiger partial charge in [-0.05, 0) is 19.1 Å². The fourth-order valence-electron chi connectivity index (χ4n) is 1.41. The molecule has 2 rings (SSSR count). The molecule has 0 amide bonds. The number of nitrogens with one attached hydrogen (secondary N) is 1. The number of anilines is 1. The topological polar surface area (TPSA) is 37.8 Å². The maximum atomic E-state index is 13.3. The van der Waals surface area contributed by atoms with E-state index >= 15 is 0 Å². The van der Waals surface area contributed by atoms with Crippen LogP contribution in [-0.4, -0.2) is 9.97 Å². The van der Waals surface area contributed by atoms with E-state index < -0.39 is 11.6 Å². The minimum absolute atomic E-state index is 0.253. The highest BCUT2D eigenvalue weighted by atomic mass is 19.1. The molecular weight excluding hydrogens is 224 g/mol. The van der Waals surface area contributed by atoms with Gasteiger partial charge >= 0.3 is 0 Å². The summed E-state index contributed by atoms with van der Waals surface area (Å²) >= 11 is 0. The number of aromatic nitrogens is 2. The molecular formula is C12H11F2N3. The lowest BCUT2D eigenvalue weighted by Gasteiger charge is -2.06. The second-order valence-corrected chi connectivity index (χ2v) is 3.58. The molecule has 1 aromatic carbocycles. The van der Waals surface area contributed by atoms with Crippen LogP contribution >= 0.6 is 0 Å². The van der Waals surface area contributed by atoms with Gasteiger partial charge in [-0.2, -0.15) is 0 Å². The summed E-state index contributed by atoms with van der Waals surface area (Å²) in [4.78, 5) is 8.07. The summed E-state index contributed by atoms with van der Waals surface area (Å²) in [6.07, 6.45) is 1.62. The third-order valence-corrected chi connectivity index (χ3v) is 2.25. The SMILES string of the molecule is Cc1nccc(NCc2ccc(F)cc2F)n1. The average molecular weight is 235 g/mol. The smallest absolute Gasteiger partial charge is 0.131 e. The first-order valence-corrected chi connectivity index (χ1v) is 5.12. The van der Waals surface area contributed by atoms with Gasteiger partial charge in [0.1, 0.15) is 23.3 Å². The summed E-state index contributed by atoms with van der Waals surface area (Å²) in [6, 6.07) is 5.19. The van der Waals surface area contributed by atoms with Gasteiger partial charge in [0.05, 0.1) is 0 Å². The lowest BCUT2D eigenvalue weighted by Crippen LogP contribution is -2.04. The summed E-state index contributed by atoms with van der Waals surface area (Å²) in [7, 11) is 0. The Balaban J connectivity index is 2.07. The highest BCUT2D eigenvalue weighted by Crippen LogP contribution is 2.11. The Morgan fingerprint density at radius 1 is 1.24 bits per heavy atom. The Hall–Kier alpha value is -2.04. The molecule has 1 N–H and O–H groups in total. The number of hydrogen-bond donors (Lipinski definition) is 1. The van der Waals surface area contributed by atoms with Crippen LogP contribution in [0.15, 0.2) is 30.5 Å². The first kappa shape index (κ1) is 11.4. The van der Waals surface area contributed by atoms with E-state index in [1.165, 1.54) is 12.1 Å². The van der Waals surface area contributed by atoms with E-state index in [0.29, 0.717) is 17.2 Å². The van der Waals surface area contributed by atoms with Crippen molar-refractivity contribution in [2.75, 3.05) is 5.32 Å². The van der Waals surface area contributed by atoms with Crippen molar-refractivity contribution in [3.63, 3.8) is 0 Å².